The SMILES string of the molecule is O=C(N[C@@H]1C2c3ccccc3C(c3ccccc32)[C@H]1NC(=O)[C@@H]1CCCC[C@@H]1P(c1ccccc1)c1ccccc1)[C@@H]1CCCC[C@@H]1P(c1ccccc1)c1ccccc1. The van der Waals surface area contributed by atoms with E-state index >= 15 is 9.59 Å². The number of hydrogen-bond acceptors (Lipinski definition) is 2. The van der Waals surface area contributed by atoms with Crippen molar-refractivity contribution in [2.24, 2.45) is 11.8 Å². The summed E-state index contributed by atoms with van der Waals surface area (Å²) in [5.74, 6) is -0.0463. The zero-order valence-corrected chi connectivity index (χ0v) is 35.9. The van der Waals surface area contributed by atoms with Gasteiger partial charge in [-0.05, 0) is 96.3 Å². The molecule has 6 aromatic rings. The third-order valence-electron chi connectivity index (χ3n) is 14.0. The van der Waals surface area contributed by atoms with Crippen molar-refractivity contribution in [3.8, 4) is 0 Å². The summed E-state index contributed by atoms with van der Waals surface area (Å²) < 4.78 is 0. The zero-order valence-electron chi connectivity index (χ0n) is 34.2. The smallest absolute Gasteiger partial charge is 0.224 e. The maximum atomic E-state index is 15.3. The Morgan fingerprint density at radius 3 is 0.933 bits per heavy atom. The van der Waals surface area contributed by atoms with Crippen LogP contribution in [0, 0.1) is 11.8 Å². The highest BCUT2D eigenvalue weighted by Crippen LogP contribution is 2.55. The van der Waals surface area contributed by atoms with Crippen molar-refractivity contribution < 1.29 is 9.59 Å². The topological polar surface area (TPSA) is 58.2 Å². The van der Waals surface area contributed by atoms with Crippen molar-refractivity contribution in [3.05, 3.63) is 192 Å². The number of rotatable bonds is 10. The predicted molar refractivity (Wildman–Crippen MR) is 250 cm³/mol. The summed E-state index contributed by atoms with van der Waals surface area (Å²) in [6.07, 6.45) is 8.21. The average Bonchev–Trinajstić information content (AvgIpc) is 3.31. The average molecular weight is 825 g/mol. The normalized spacial score (nSPS) is 25.6. The summed E-state index contributed by atoms with van der Waals surface area (Å²) in [5, 5.41) is 12.9. The summed E-state index contributed by atoms with van der Waals surface area (Å²) in [7, 11) is -1.53. The molecule has 2 saturated carbocycles. The highest BCUT2D eigenvalue weighted by Gasteiger charge is 2.52. The summed E-state index contributed by atoms with van der Waals surface area (Å²) in [5.41, 5.74) is 5.57. The molecule has 0 aromatic heterocycles. The van der Waals surface area contributed by atoms with Gasteiger partial charge >= 0.3 is 0 Å². The molecule has 2 fully saturated rings. The van der Waals surface area contributed by atoms with Gasteiger partial charge in [-0.3, -0.25) is 9.59 Å². The van der Waals surface area contributed by atoms with E-state index in [4.69, 9.17) is 0 Å². The largest absolute Gasteiger partial charge is 0.350 e. The van der Waals surface area contributed by atoms with Gasteiger partial charge in [0.25, 0.3) is 0 Å². The van der Waals surface area contributed by atoms with Gasteiger partial charge < -0.3 is 10.6 Å². The van der Waals surface area contributed by atoms with Crippen LogP contribution in [0.25, 0.3) is 0 Å². The molecule has 6 aromatic carbocycles. The monoisotopic (exact) mass is 824 g/mol. The van der Waals surface area contributed by atoms with Crippen molar-refractivity contribution in [1.82, 2.24) is 10.6 Å². The van der Waals surface area contributed by atoms with Gasteiger partial charge in [0.15, 0.2) is 0 Å². The fourth-order valence-corrected chi connectivity index (χ4v) is 17.7. The van der Waals surface area contributed by atoms with Crippen LogP contribution in [0.5, 0.6) is 0 Å². The second-order valence-electron chi connectivity index (χ2n) is 17.3. The molecule has 4 nitrogen and oxygen atoms in total. The van der Waals surface area contributed by atoms with Crippen LogP contribution < -0.4 is 31.9 Å². The lowest BCUT2D eigenvalue weighted by molar-refractivity contribution is -0.129. The lowest BCUT2D eigenvalue weighted by Gasteiger charge is -2.52. The molecule has 0 unspecified atom stereocenters. The van der Waals surface area contributed by atoms with Crippen LogP contribution in [0.15, 0.2) is 170 Å². The van der Waals surface area contributed by atoms with Crippen LogP contribution in [0.1, 0.15) is 85.5 Å². The molecule has 6 heteroatoms. The number of amides is 2. The molecule has 0 spiro atoms. The summed E-state index contributed by atoms with van der Waals surface area (Å²) in [6.45, 7) is 0. The standard InChI is InChI=1S/C54H54N2O2P2/c57-53(45-33-17-19-35-47(45)59(37-21-5-1-6-22-37)38-23-7-2-8-24-38)55-51-49-41-29-13-15-31-43(41)50(44-32-16-14-30-42(44)49)52(51)56-54(58)46-34-18-20-36-48(46)60(39-25-9-3-10-26-39)40-27-11-4-12-28-40/h1-16,21-32,45-52H,17-20,33-36H2,(H,55,57)(H,56,58)/t45-,46-,47+,48+,49?,50?,51-,52-/m1/s1. The first-order valence-corrected chi connectivity index (χ1v) is 25.0. The molecule has 2 N–H and O–H groups in total. The number of nitrogens with one attached hydrogen (secondary N) is 2. The van der Waals surface area contributed by atoms with E-state index in [0.717, 1.165) is 51.4 Å². The van der Waals surface area contributed by atoms with E-state index in [1.807, 2.05) is 0 Å². The van der Waals surface area contributed by atoms with E-state index in [1.54, 1.807) is 0 Å². The third kappa shape index (κ3) is 7.46. The molecular formula is C54H54N2O2P2. The maximum absolute atomic E-state index is 15.3. The molecule has 60 heavy (non-hydrogen) atoms. The summed E-state index contributed by atoms with van der Waals surface area (Å²) in [4.78, 5) is 30.6. The molecule has 0 saturated heterocycles. The second-order valence-corrected chi connectivity index (χ2v) is 22.2. The highest BCUT2D eigenvalue weighted by atomic mass is 31.1. The molecule has 0 heterocycles. The second kappa shape index (κ2) is 17.6. The van der Waals surface area contributed by atoms with E-state index in [9.17, 15) is 0 Å². The van der Waals surface area contributed by atoms with E-state index in [-0.39, 0.29) is 58.9 Å². The Hall–Kier alpha value is -4.88. The quantitative estimate of drug-likeness (QED) is 0.135. The number of carbonyl (C=O) groups excluding carboxylic acids is 2. The highest BCUT2D eigenvalue weighted by molar-refractivity contribution is 7.74. The van der Waals surface area contributed by atoms with E-state index in [2.05, 4.69) is 180 Å². The molecule has 5 aliphatic rings. The first kappa shape index (κ1) is 39.3. The van der Waals surface area contributed by atoms with Gasteiger partial charge in [-0.25, -0.2) is 0 Å². The van der Waals surface area contributed by atoms with Crippen LogP contribution in [0.4, 0.5) is 0 Å². The Morgan fingerprint density at radius 1 is 0.367 bits per heavy atom. The number of carbonyl (C=O) groups is 2. The fourth-order valence-electron chi connectivity index (χ4n) is 11.4. The minimum Gasteiger partial charge on any atom is -0.350 e. The Bertz CT molecular complexity index is 2120. The molecule has 302 valence electrons. The van der Waals surface area contributed by atoms with Gasteiger partial charge in [0.05, 0.1) is 12.1 Å². The van der Waals surface area contributed by atoms with Crippen molar-refractivity contribution in [2.45, 2.75) is 86.6 Å². The van der Waals surface area contributed by atoms with Crippen molar-refractivity contribution in [2.75, 3.05) is 0 Å². The minimum atomic E-state index is -0.767. The van der Waals surface area contributed by atoms with Gasteiger partial charge in [0, 0.05) is 23.7 Å². The van der Waals surface area contributed by atoms with Gasteiger partial charge in [0.1, 0.15) is 0 Å². The number of benzene rings is 6. The maximum Gasteiger partial charge on any atom is 0.224 e. The van der Waals surface area contributed by atoms with Crippen molar-refractivity contribution in [1.29, 1.82) is 0 Å². The van der Waals surface area contributed by atoms with E-state index in [0.29, 0.717) is 0 Å². The molecule has 6 atom stereocenters. The van der Waals surface area contributed by atoms with Crippen molar-refractivity contribution >= 4 is 48.9 Å². The predicted octanol–water partition coefficient (Wildman–Crippen LogP) is 9.63. The lowest BCUT2D eigenvalue weighted by Crippen LogP contribution is -2.63. The molecule has 2 bridgehead atoms. The first-order chi connectivity index (χ1) is 29.7. The Balaban J connectivity index is 1.01. The van der Waals surface area contributed by atoms with Crippen LogP contribution in [0.3, 0.4) is 0 Å². The molecule has 0 radical (unpaired) electrons. The summed E-state index contributed by atoms with van der Waals surface area (Å²) in [6, 6.07) is 60.7. The molecule has 11 rings (SSSR count). The van der Waals surface area contributed by atoms with Crippen LogP contribution >= 0.6 is 15.8 Å². The van der Waals surface area contributed by atoms with Crippen LogP contribution in [0.2, 0.25) is 0 Å². The molecule has 0 aliphatic heterocycles. The number of fused-ring (bicyclic) bond motifs is 1. The third-order valence-corrected chi connectivity index (χ3v) is 20.0. The van der Waals surface area contributed by atoms with Crippen LogP contribution in [-0.2, 0) is 9.59 Å². The van der Waals surface area contributed by atoms with Crippen LogP contribution in [-0.4, -0.2) is 35.2 Å². The van der Waals surface area contributed by atoms with Gasteiger partial charge in [-0.2, -0.15) is 0 Å². The lowest BCUT2D eigenvalue weighted by atomic mass is 9.59. The van der Waals surface area contributed by atoms with Gasteiger partial charge in [-0.1, -0.05) is 196 Å². The Labute approximate surface area is 358 Å². The first-order valence-electron chi connectivity index (χ1n) is 22.2. The van der Waals surface area contributed by atoms with Gasteiger partial charge in [0.2, 0.25) is 11.8 Å². The van der Waals surface area contributed by atoms with Gasteiger partial charge in [-0.15, -0.1) is 0 Å². The molecule has 2 amide bonds. The molecular weight excluding hydrogens is 771 g/mol. The fraction of sp³-hybridized carbons (Fsp3) is 0.296. The van der Waals surface area contributed by atoms with E-state index < -0.39 is 15.8 Å². The Kier molecular flexibility index (Phi) is 11.5. The minimum absolute atomic E-state index is 0.0589. The van der Waals surface area contributed by atoms with E-state index in [1.165, 1.54) is 43.5 Å². The summed E-state index contributed by atoms with van der Waals surface area (Å²) >= 11 is 0. The Morgan fingerprint density at radius 2 is 0.633 bits per heavy atom. The zero-order chi connectivity index (χ0) is 40.4. The molecule has 5 aliphatic carbocycles. The van der Waals surface area contributed by atoms with Crippen molar-refractivity contribution in [3.63, 3.8) is 0 Å². The number of hydrogen-bond donors (Lipinski definition) is 2.